The number of nitrogens with zero attached hydrogens (tertiary/aromatic N) is 2. The lowest BCUT2D eigenvalue weighted by Crippen LogP contribution is -2.20. The minimum Gasteiger partial charge on any atom is -0.388 e. The second kappa shape index (κ2) is 4.74. The van der Waals surface area contributed by atoms with E-state index in [1.807, 2.05) is 19.9 Å². The summed E-state index contributed by atoms with van der Waals surface area (Å²) in [5, 5.41) is 18.5. The van der Waals surface area contributed by atoms with E-state index in [9.17, 15) is 5.11 Å². The van der Waals surface area contributed by atoms with Crippen molar-refractivity contribution in [1.29, 1.82) is 0 Å². The monoisotopic (exact) mass is 254 g/mol. The molecule has 0 aliphatic heterocycles. The summed E-state index contributed by atoms with van der Waals surface area (Å²) in [4.78, 5) is 0. The first-order chi connectivity index (χ1) is 9.15. The van der Waals surface area contributed by atoms with Gasteiger partial charge in [-0.25, -0.2) is 0 Å². The molecule has 1 aromatic carbocycles. The van der Waals surface area contributed by atoms with Crippen molar-refractivity contribution in [1.82, 2.24) is 10.2 Å². The van der Waals surface area contributed by atoms with Gasteiger partial charge in [-0.15, -0.1) is 0 Å². The summed E-state index contributed by atoms with van der Waals surface area (Å²) >= 11 is 0. The van der Waals surface area contributed by atoms with Crippen LogP contribution in [-0.4, -0.2) is 15.3 Å². The number of aliphatic hydroxyl groups excluding tert-OH is 1. The first kappa shape index (κ1) is 12.3. The predicted octanol–water partition coefficient (Wildman–Crippen LogP) is 2.86. The van der Waals surface area contributed by atoms with Crippen molar-refractivity contribution >= 4 is 0 Å². The summed E-state index contributed by atoms with van der Waals surface area (Å²) in [5.41, 5.74) is 5.40. The van der Waals surface area contributed by atoms with Crippen LogP contribution in [0, 0.1) is 13.8 Å². The Bertz CT molecular complexity index is 609. The molecule has 19 heavy (non-hydrogen) atoms. The number of rotatable bonds is 3. The maximum Gasteiger partial charge on any atom is 0.0814 e. The summed E-state index contributed by atoms with van der Waals surface area (Å²) in [7, 11) is 0. The third-order valence-electron chi connectivity index (χ3n) is 3.97. The van der Waals surface area contributed by atoms with Crippen LogP contribution in [0.4, 0.5) is 0 Å². The minimum absolute atomic E-state index is 0.451. The van der Waals surface area contributed by atoms with Crippen LogP contribution in [0.2, 0.25) is 0 Å². The average Bonchev–Trinajstić information content (AvgIpc) is 2.38. The third kappa shape index (κ3) is 2.26. The third-order valence-corrected chi connectivity index (χ3v) is 3.97. The van der Waals surface area contributed by atoms with Gasteiger partial charge in [0.1, 0.15) is 0 Å². The van der Waals surface area contributed by atoms with Crippen molar-refractivity contribution in [3.63, 3.8) is 0 Å². The molecule has 0 saturated heterocycles. The Balaban J connectivity index is 1.76. The van der Waals surface area contributed by atoms with E-state index in [0.29, 0.717) is 5.92 Å². The topological polar surface area (TPSA) is 46.0 Å². The number of aryl methyl sites for hydroxylation is 2. The average molecular weight is 254 g/mol. The SMILES string of the molecule is Cc1cc(C(O)CC2Cc3ccccc32)c(C)nn1. The van der Waals surface area contributed by atoms with Crippen molar-refractivity contribution in [2.75, 3.05) is 0 Å². The zero-order valence-corrected chi connectivity index (χ0v) is 11.3. The van der Waals surface area contributed by atoms with Gasteiger partial charge in [-0.1, -0.05) is 24.3 Å². The molecule has 0 spiro atoms. The summed E-state index contributed by atoms with van der Waals surface area (Å²) in [5.74, 6) is 0.471. The molecule has 1 N–H and O–H groups in total. The smallest absolute Gasteiger partial charge is 0.0814 e. The molecule has 3 rings (SSSR count). The quantitative estimate of drug-likeness (QED) is 0.916. The summed E-state index contributed by atoms with van der Waals surface area (Å²) in [6.45, 7) is 3.81. The van der Waals surface area contributed by atoms with Crippen LogP contribution in [0.5, 0.6) is 0 Å². The number of hydrogen-bond acceptors (Lipinski definition) is 3. The fraction of sp³-hybridized carbons (Fsp3) is 0.375. The molecular formula is C16H18N2O. The van der Waals surface area contributed by atoms with Gasteiger partial charge in [0.25, 0.3) is 0 Å². The van der Waals surface area contributed by atoms with Crippen molar-refractivity contribution in [3.05, 3.63) is 58.4 Å². The summed E-state index contributed by atoms with van der Waals surface area (Å²) in [6.07, 6.45) is 1.39. The van der Waals surface area contributed by atoms with Crippen LogP contribution in [-0.2, 0) is 6.42 Å². The molecule has 0 amide bonds. The number of hydrogen-bond donors (Lipinski definition) is 1. The molecule has 1 aliphatic rings. The molecule has 2 aromatic rings. The van der Waals surface area contributed by atoms with Crippen LogP contribution in [0.25, 0.3) is 0 Å². The van der Waals surface area contributed by atoms with E-state index < -0.39 is 6.10 Å². The van der Waals surface area contributed by atoms with E-state index in [1.165, 1.54) is 11.1 Å². The molecule has 0 fully saturated rings. The molecule has 2 atom stereocenters. The predicted molar refractivity (Wildman–Crippen MR) is 74.0 cm³/mol. The molecule has 0 saturated carbocycles. The first-order valence-corrected chi connectivity index (χ1v) is 6.72. The van der Waals surface area contributed by atoms with Gasteiger partial charge in [-0.2, -0.15) is 10.2 Å². The molecule has 1 aliphatic carbocycles. The molecule has 1 aromatic heterocycles. The molecule has 2 unspecified atom stereocenters. The van der Waals surface area contributed by atoms with Crippen LogP contribution in [0.1, 0.15) is 46.5 Å². The summed E-state index contributed by atoms with van der Waals surface area (Å²) < 4.78 is 0. The van der Waals surface area contributed by atoms with Crippen molar-refractivity contribution in [2.24, 2.45) is 0 Å². The van der Waals surface area contributed by atoms with Crippen LogP contribution < -0.4 is 0 Å². The zero-order chi connectivity index (χ0) is 13.4. The highest BCUT2D eigenvalue weighted by Crippen LogP contribution is 2.40. The number of aliphatic hydroxyl groups is 1. The lowest BCUT2D eigenvalue weighted by molar-refractivity contribution is 0.152. The van der Waals surface area contributed by atoms with Gasteiger partial charge in [0, 0.05) is 5.56 Å². The van der Waals surface area contributed by atoms with Crippen molar-refractivity contribution in [2.45, 2.75) is 38.7 Å². The van der Waals surface area contributed by atoms with Gasteiger partial charge in [0.05, 0.1) is 17.5 Å². The zero-order valence-electron chi connectivity index (χ0n) is 11.3. The Kier molecular flexibility index (Phi) is 3.07. The van der Waals surface area contributed by atoms with Crippen LogP contribution in [0.15, 0.2) is 30.3 Å². The number of benzene rings is 1. The lowest BCUT2D eigenvalue weighted by atomic mass is 9.74. The molecular weight excluding hydrogens is 236 g/mol. The Labute approximate surface area is 113 Å². The van der Waals surface area contributed by atoms with E-state index in [0.717, 1.165) is 29.8 Å². The molecule has 98 valence electrons. The first-order valence-electron chi connectivity index (χ1n) is 6.72. The van der Waals surface area contributed by atoms with Gasteiger partial charge < -0.3 is 5.11 Å². The van der Waals surface area contributed by atoms with E-state index in [1.54, 1.807) is 0 Å². The Morgan fingerprint density at radius 2 is 2.05 bits per heavy atom. The standard InChI is InChI=1S/C16H18N2O/c1-10-7-15(11(2)18-17-10)16(19)9-13-8-12-5-3-4-6-14(12)13/h3-7,13,16,19H,8-9H2,1-2H3. The van der Waals surface area contributed by atoms with E-state index in [4.69, 9.17) is 0 Å². The highest BCUT2D eigenvalue weighted by Gasteiger charge is 2.28. The van der Waals surface area contributed by atoms with Gasteiger partial charge >= 0.3 is 0 Å². The summed E-state index contributed by atoms with van der Waals surface area (Å²) in [6, 6.07) is 10.4. The fourth-order valence-corrected chi connectivity index (χ4v) is 2.88. The van der Waals surface area contributed by atoms with Gasteiger partial charge in [-0.05, 0) is 49.8 Å². The van der Waals surface area contributed by atoms with Crippen LogP contribution >= 0.6 is 0 Å². The highest BCUT2D eigenvalue weighted by molar-refractivity contribution is 5.40. The largest absolute Gasteiger partial charge is 0.388 e. The Morgan fingerprint density at radius 1 is 1.26 bits per heavy atom. The van der Waals surface area contributed by atoms with E-state index >= 15 is 0 Å². The van der Waals surface area contributed by atoms with Gasteiger partial charge in [-0.3, -0.25) is 0 Å². The second-order valence-electron chi connectivity index (χ2n) is 5.38. The number of fused-ring (bicyclic) bond motifs is 1. The number of aromatic nitrogens is 2. The highest BCUT2D eigenvalue weighted by atomic mass is 16.3. The molecule has 0 bridgehead atoms. The second-order valence-corrected chi connectivity index (χ2v) is 5.38. The van der Waals surface area contributed by atoms with E-state index in [2.05, 4.69) is 34.5 Å². The van der Waals surface area contributed by atoms with E-state index in [-0.39, 0.29) is 0 Å². The fourth-order valence-electron chi connectivity index (χ4n) is 2.88. The van der Waals surface area contributed by atoms with Crippen molar-refractivity contribution in [3.8, 4) is 0 Å². The van der Waals surface area contributed by atoms with Gasteiger partial charge in [0.2, 0.25) is 0 Å². The van der Waals surface area contributed by atoms with Gasteiger partial charge in [0.15, 0.2) is 0 Å². The molecule has 0 radical (unpaired) electrons. The maximum absolute atomic E-state index is 10.4. The maximum atomic E-state index is 10.4. The molecule has 3 heteroatoms. The minimum atomic E-state index is -0.451. The molecule has 3 nitrogen and oxygen atoms in total. The van der Waals surface area contributed by atoms with Crippen LogP contribution in [0.3, 0.4) is 0 Å². The Hall–Kier alpha value is -1.74. The Morgan fingerprint density at radius 3 is 2.84 bits per heavy atom. The van der Waals surface area contributed by atoms with Crippen molar-refractivity contribution < 1.29 is 5.11 Å². The molecule has 1 heterocycles. The normalized spacial score (nSPS) is 18.6. The lowest BCUT2D eigenvalue weighted by Gasteiger charge is -2.31.